The van der Waals surface area contributed by atoms with Crippen LogP contribution in [-0.2, 0) is 26.2 Å². The molecule has 2 amide bonds. The van der Waals surface area contributed by atoms with Crippen molar-refractivity contribution in [3.8, 4) is 0 Å². The molecule has 34 heavy (non-hydrogen) atoms. The molecule has 10 heteroatoms. The minimum atomic E-state index is -3.82. The van der Waals surface area contributed by atoms with Crippen LogP contribution >= 0.6 is 15.9 Å². The van der Waals surface area contributed by atoms with E-state index in [2.05, 4.69) is 21.2 Å². The van der Waals surface area contributed by atoms with Gasteiger partial charge in [0.05, 0.1) is 11.9 Å². The van der Waals surface area contributed by atoms with Gasteiger partial charge in [-0.25, -0.2) is 12.8 Å². The van der Waals surface area contributed by atoms with Gasteiger partial charge in [-0.05, 0) is 44.0 Å². The Hall–Kier alpha value is -2.46. The smallest absolute Gasteiger partial charge is 0.244 e. The Kier molecular flexibility index (Phi) is 8.70. The van der Waals surface area contributed by atoms with Crippen LogP contribution in [0.2, 0.25) is 0 Å². The molecule has 3 rings (SSSR count). The molecule has 0 radical (unpaired) electrons. The zero-order valence-corrected chi connectivity index (χ0v) is 21.6. The molecule has 0 aliphatic heterocycles. The number of sulfonamides is 1. The number of hydrogen-bond donors (Lipinski definition) is 1. The number of amides is 2. The Morgan fingerprint density at radius 3 is 2.44 bits per heavy atom. The van der Waals surface area contributed by atoms with Crippen molar-refractivity contribution >= 4 is 43.5 Å². The molecule has 0 heterocycles. The topological polar surface area (TPSA) is 86.8 Å². The Morgan fingerprint density at radius 2 is 1.82 bits per heavy atom. The first-order valence-electron chi connectivity index (χ1n) is 11.1. The van der Waals surface area contributed by atoms with Gasteiger partial charge in [0.1, 0.15) is 18.4 Å². The molecule has 1 aliphatic carbocycles. The fraction of sp³-hybridized carbons (Fsp3) is 0.417. The first kappa shape index (κ1) is 26.2. The van der Waals surface area contributed by atoms with E-state index in [9.17, 15) is 22.4 Å². The lowest BCUT2D eigenvalue weighted by Crippen LogP contribution is -2.52. The predicted octanol–water partition coefficient (Wildman–Crippen LogP) is 3.83. The van der Waals surface area contributed by atoms with Crippen molar-refractivity contribution in [1.29, 1.82) is 0 Å². The summed E-state index contributed by atoms with van der Waals surface area (Å²) in [4.78, 5) is 27.7. The Balaban J connectivity index is 1.89. The minimum absolute atomic E-state index is 0.0505. The molecule has 7 nitrogen and oxygen atoms in total. The number of anilines is 1. The van der Waals surface area contributed by atoms with Crippen LogP contribution in [0.25, 0.3) is 0 Å². The van der Waals surface area contributed by atoms with E-state index in [1.54, 1.807) is 49.4 Å². The zero-order chi connectivity index (χ0) is 24.9. The molecule has 184 valence electrons. The van der Waals surface area contributed by atoms with E-state index in [1.165, 1.54) is 11.0 Å². The number of carbonyl (C=O) groups is 2. The van der Waals surface area contributed by atoms with E-state index < -0.39 is 34.3 Å². The fourth-order valence-corrected chi connectivity index (χ4v) is 5.26. The third-order valence-electron chi connectivity index (χ3n) is 5.94. The molecule has 2 aromatic rings. The number of nitrogens with zero attached hydrogens (tertiary/aromatic N) is 2. The highest BCUT2D eigenvalue weighted by molar-refractivity contribution is 9.10. The van der Waals surface area contributed by atoms with Gasteiger partial charge in [0.15, 0.2) is 0 Å². The fourth-order valence-electron chi connectivity index (χ4n) is 4.03. The van der Waals surface area contributed by atoms with Gasteiger partial charge in [0.25, 0.3) is 0 Å². The molecule has 1 unspecified atom stereocenters. The molecule has 0 saturated heterocycles. The highest BCUT2D eigenvalue weighted by Crippen LogP contribution is 2.23. The highest BCUT2D eigenvalue weighted by atomic mass is 79.9. The Bertz CT molecular complexity index is 1140. The SMILES string of the molecule is CC(C(=O)NC1CCCC1)N(Cc1ccccc1F)C(=O)CN(c1cccc(Br)c1)S(C)(=O)=O. The quantitative estimate of drug-likeness (QED) is 0.511. The van der Waals surface area contributed by atoms with Gasteiger partial charge in [0.2, 0.25) is 21.8 Å². The van der Waals surface area contributed by atoms with Gasteiger partial charge in [-0.3, -0.25) is 13.9 Å². The number of hydrogen-bond acceptors (Lipinski definition) is 4. The molecular weight excluding hydrogens is 525 g/mol. The monoisotopic (exact) mass is 553 g/mol. The summed E-state index contributed by atoms with van der Waals surface area (Å²) in [5.74, 6) is -1.46. The van der Waals surface area contributed by atoms with Crippen LogP contribution < -0.4 is 9.62 Å². The first-order chi connectivity index (χ1) is 16.1. The van der Waals surface area contributed by atoms with Gasteiger partial charge < -0.3 is 10.2 Å². The van der Waals surface area contributed by atoms with Gasteiger partial charge >= 0.3 is 0 Å². The predicted molar refractivity (Wildman–Crippen MR) is 133 cm³/mol. The average molecular weight is 554 g/mol. The molecule has 0 spiro atoms. The largest absolute Gasteiger partial charge is 0.352 e. The molecule has 1 fully saturated rings. The van der Waals surface area contributed by atoms with E-state index in [1.807, 2.05) is 0 Å². The standard InChI is InChI=1S/C24H29BrFN3O4S/c1-17(24(31)27-20-10-4-5-11-20)28(15-18-8-3-6-13-22(18)26)23(30)16-29(34(2,32)33)21-12-7-9-19(25)14-21/h3,6-9,12-14,17,20H,4-5,10-11,15-16H2,1-2H3,(H,27,31). The second kappa shape index (κ2) is 11.3. The maximum Gasteiger partial charge on any atom is 0.244 e. The Morgan fingerprint density at radius 1 is 1.15 bits per heavy atom. The van der Waals surface area contributed by atoms with Gasteiger partial charge in [-0.2, -0.15) is 0 Å². The van der Waals surface area contributed by atoms with E-state index in [0.717, 1.165) is 36.2 Å². The summed E-state index contributed by atoms with van der Waals surface area (Å²) in [6.45, 7) is 0.887. The first-order valence-corrected chi connectivity index (χ1v) is 13.8. The molecule has 0 bridgehead atoms. The summed E-state index contributed by atoms with van der Waals surface area (Å²) >= 11 is 3.32. The lowest BCUT2D eigenvalue weighted by Gasteiger charge is -2.32. The Labute approximate surface area is 208 Å². The van der Waals surface area contributed by atoms with Crippen LogP contribution in [0, 0.1) is 5.82 Å². The summed E-state index contributed by atoms with van der Waals surface area (Å²) in [5, 5.41) is 2.97. The lowest BCUT2D eigenvalue weighted by molar-refractivity contribution is -0.139. The minimum Gasteiger partial charge on any atom is -0.352 e. The van der Waals surface area contributed by atoms with Gasteiger partial charge in [0, 0.05) is 22.6 Å². The van der Waals surface area contributed by atoms with Crippen LogP contribution in [0.15, 0.2) is 53.0 Å². The van der Waals surface area contributed by atoms with Crippen molar-refractivity contribution in [3.63, 3.8) is 0 Å². The molecule has 0 aromatic heterocycles. The van der Waals surface area contributed by atoms with E-state index in [0.29, 0.717) is 10.2 Å². The normalized spacial score (nSPS) is 15.1. The second-order valence-electron chi connectivity index (χ2n) is 8.53. The molecule has 1 aliphatic rings. The number of benzene rings is 2. The second-order valence-corrected chi connectivity index (χ2v) is 11.4. The van der Waals surface area contributed by atoms with Crippen molar-refractivity contribution in [2.75, 3.05) is 17.1 Å². The van der Waals surface area contributed by atoms with Crippen molar-refractivity contribution in [2.45, 2.75) is 51.2 Å². The van der Waals surface area contributed by atoms with Crippen LogP contribution in [0.1, 0.15) is 38.2 Å². The van der Waals surface area contributed by atoms with Crippen molar-refractivity contribution in [2.24, 2.45) is 0 Å². The number of rotatable bonds is 9. The summed E-state index contributed by atoms with van der Waals surface area (Å²) in [7, 11) is -3.82. The highest BCUT2D eigenvalue weighted by Gasteiger charge is 2.31. The molecule has 2 aromatic carbocycles. The van der Waals surface area contributed by atoms with E-state index in [-0.39, 0.29) is 24.1 Å². The van der Waals surface area contributed by atoms with Crippen molar-refractivity contribution in [1.82, 2.24) is 10.2 Å². The molecule has 1 atom stereocenters. The number of carbonyl (C=O) groups excluding carboxylic acids is 2. The van der Waals surface area contributed by atoms with Gasteiger partial charge in [-0.1, -0.05) is 53.0 Å². The average Bonchev–Trinajstić information content (AvgIpc) is 3.28. The molecule has 1 N–H and O–H groups in total. The van der Waals surface area contributed by atoms with E-state index >= 15 is 0 Å². The van der Waals surface area contributed by atoms with E-state index in [4.69, 9.17) is 0 Å². The number of halogens is 2. The van der Waals surface area contributed by atoms with Crippen LogP contribution in [0.3, 0.4) is 0 Å². The summed E-state index contributed by atoms with van der Waals surface area (Å²) in [6.07, 6.45) is 4.84. The van der Waals surface area contributed by atoms with Crippen LogP contribution in [-0.4, -0.2) is 50.0 Å². The summed E-state index contributed by atoms with van der Waals surface area (Å²) in [6, 6.07) is 11.7. The molecular formula is C24H29BrFN3O4S. The van der Waals surface area contributed by atoms with Crippen LogP contribution in [0.4, 0.5) is 10.1 Å². The number of nitrogens with one attached hydrogen (secondary N) is 1. The zero-order valence-electron chi connectivity index (χ0n) is 19.2. The summed E-state index contributed by atoms with van der Waals surface area (Å²) in [5.41, 5.74) is 0.545. The third-order valence-corrected chi connectivity index (χ3v) is 7.58. The maximum absolute atomic E-state index is 14.4. The van der Waals surface area contributed by atoms with Crippen molar-refractivity contribution < 1.29 is 22.4 Å². The van der Waals surface area contributed by atoms with Gasteiger partial charge in [-0.15, -0.1) is 0 Å². The third kappa shape index (κ3) is 6.79. The molecule has 1 saturated carbocycles. The lowest BCUT2D eigenvalue weighted by atomic mass is 10.1. The maximum atomic E-state index is 14.4. The van der Waals surface area contributed by atoms with Crippen LogP contribution in [0.5, 0.6) is 0 Å². The summed E-state index contributed by atoms with van der Waals surface area (Å²) < 4.78 is 41.1. The van der Waals surface area contributed by atoms with Crippen molar-refractivity contribution in [3.05, 3.63) is 64.4 Å².